The molecule has 0 radical (unpaired) electrons. The van der Waals surface area contributed by atoms with E-state index in [1.54, 1.807) is 12.3 Å². The number of ether oxygens (including phenoxy) is 1. The van der Waals surface area contributed by atoms with E-state index in [9.17, 15) is 14.7 Å². The van der Waals surface area contributed by atoms with Crippen molar-refractivity contribution in [2.75, 3.05) is 6.61 Å². The van der Waals surface area contributed by atoms with Gasteiger partial charge in [0.25, 0.3) is 0 Å². The van der Waals surface area contributed by atoms with Crippen molar-refractivity contribution in [2.45, 2.75) is 6.42 Å². The first-order valence-electron chi connectivity index (χ1n) is 7.08. The molecule has 0 saturated heterocycles. The van der Waals surface area contributed by atoms with E-state index in [0.29, 0.717) is 16.6 Å². The first-order valence-corrected chi connectivity index (χ1v) is 7.89. The lowest BCUT2D eigenvalue weighted by atomic mass is 10.1. The standard InChI is InChI=1S/C17H13NO5S/c19-13(20)9-23-14-12-7-11(6-10-4-2-1-3-5-10)8-18-16(12)24-15(14)17(21)22/h1-5,7-8H,6,9H2,(H,19,20)(H,21,22). The van der Waals surface area contributed by atoms with Crippen LogP contribution in [0.15, 0.2) is 42.6 Å². The lowest BCUT2D eigenvalue weighted by Crippen LogP contribution is -2.10. The molecule has 3 rings (SSSR count). The second-order valence-electron chi connectivity index (χ2n) is 5.11. The monoisotopic (exact) mass is 343 g/mol. The second-order valence-corrected chi connectivity index (χ2v) is 6.11. The number of aromatic nitrogens is 1. The number of aliphatic carboxylic acids is 1. The van der Waals surface area contributed by atoms with Crippen LogP contribution in [0.5, 0.6) is 5.75 Å². The number of thiophene rings is 1. The number of carboxylic acid groups (broad SMARTS) is 2. The van der Waals surface area contributed by atoms with Crippen LogP contribution in [0, 0.1) is 0 Å². The normalized spacial score (nSPS) is 10.7. The van der Waals surface area contributed by atoms with E-state index in [-0.39, 0.29) is 10.6 Å². The van der Waals surface area contributed by atoms with Gasteiger partial charge in [-0.2, -0.15) is 0 Å². The maximum atomic E-state index is 11.4. The first-order chi connectivity index (χ1) is 11.5. The number of carbonyl (C=O) groups is 2. The van der Waals surface area contributed by atoms with E-state index in [1.165, 1.54) is 0 Å². The third-order valence-corrected chi connectivity index (χ3v) is 4.43. The number of hydrogen-bond acceptors (Lipinski definition) is 5. The Morgan fingerprint density at radius 2 is 1.88 bits per heavy atom. The molecule has 0 unspecified atom stereocenters. The molecule has 0 aliphatic carbocycles. The molecule has 0 bridgehead atoms. The third kappa shape index (κ3) is 3.36. The number of aromatic carboxylic acids is 1. The van der Waals surface area contributed by atoms with Crippen LogP contribution in [0.4, 0.5) is 0 Å². The van der Waals surface area contributed by atoms with Gasteiger partial charge < -0.3 is 14.9 Å². The summed E-state index contributed by atoms with van der Waals surface area (Å²) in [4.78, 5) is 26.9. The summed E-state index contributed by atoms with van der Waals surface area (Å²) in [6.45, 7) is -0.602. The molecule has 2 aromatic heterocycles. The van der Waals surface area contributed by atoms with Gasteiger partial charge in [0.05, 0.1) is 5.39 Å². The molecule has 6 nitrogen and oxygen atoms in total. The summed E-state index contributed by atoms with van der Waals surface area (Å²) in [5, 5.41) is 18.6. The van der Waals surface area contributed by atoms with Gasteiger partial charge in [0.15, 0.2) is 17.2 Å². The zero-order chi connectivity index (χ0) is 17.1. The Morgan fingerprint density at radius 1 is 1.12 bits per heavy atom. The van der Waals surface area contributed by atoms with Gasteiger partial charge in [-0.05, 0) is 23.6 Å². The third-order valence-electron chi connectivity index (χ3n) is 3.34. The Hall–Kier alpha value is -2.93. The minimum absolute atomic E-state index is 0.0457. The highest BCUT2D eigenvalue weighted by atomic mass is 32.1. The number of benzene rings is 1. The molecule has 0 atom stereocenters. The summed E-state index contributed by atoms with van der Waals surface area (Å²) < 4.78 is 5.21. The van der Waals surface area contributed by atoms with E-state index in [1.807, 2.05) is 30.3 Å². The van der Waals surface area contributed by atoms with Crippen LogP contribution >= 0.6 is 11.3 Å². The van der Waals surface area contributed by atoms with Gasteiger partial charge in [0.2, 0.25) is 0 Å². The van der Waals surface area contributed by atoms with E-state index < -0.39 is 18.5 Å². The fraction of sp³-hybridized carbons (Fsp3) is 0.118. The summed E-state index contributed by atoms with van der Waals surface area (Å²) in [6, 6.07) is 11.6. The topological polar surface area (TPSA) is 96.7 Å². The Balaban J connectivity index is 2.01. The van der Waals surface area contributed by atoms with E-state index in [0.717, 1.165) is 22.5 Å². The summed E-state index contributed by atoms with van der Waals surface area (Å²) >= 11 is 0.970. The van der Waals surface area contributed by atoms with E-state index in [2.05, 4.69) is 4.98 Å². The van der Waals surface area contributed by atoms with Crippen LogP contribution in [-0.2, 0) is 11.2 Å². The zero-order valence-electron chi connectivity index (χ0n) is 12.4. The first kappa shape index (κ1) is 15.9. The van der Waals surface area contributed by atoms with Crippen LogP contribution < -0.4 is 4.74 Å². The Bertz CT molecular complexity index is 904. The molecular weight excluding hydrogens is 330 g/mol. The highest BCUT2D eigenvalue weighted by Gasteiger charge is 2.21. The van der Waals surface area contributed by atoms with Crippen molar-refractivity contribution in [1.29, 1.82) is 0 Å². The Kier molecular flexibility index (Phi) is 4.43. The molecular formula is C17H13NO5S. The van der Waals surface area contributed by atoms with Crippen LogP contribution in [0.2, 0.25) is 0 Å². The molecule has 0 spiro atoms. The van der Waals surface area contributed by atoms with Crippen molar-refractivity contribution in [3.05, 3.63) is 58.6 Å². The minimum Gasteiger partial charge on any atom is -0.479 e. The lowest BCUT2D eigenvalue weighted by Gasteiger charge is -2.05. The molecule has 2 heterocycles. The number of carboxylic acids is 2. The molecule has 122 valence electrons. The number of pyridine rings is 1. The van der Waals surface area contributed by atoms with Crippen molar-refractivity contribution < 1.29 is 24.5 Å². The molecule has 7 heteroatoms. The molecule has 0 amide bonds. The van der Waals surface area contributed by atoms with Gasteiger partial charge in [-0.3, -0.25) is 0 Å². The van der Waals surface area contributed by atoms with Crippen LogP contribution in [0.25, 0.3) is 10.2 Å². The number of hydrogen-bond donors (Lipinski definition) is 2. The van der Waals surface area contributed by atoms with Gasteiger partial charge in [-0.25, -0.2) is 14.6 Å². The molecule has 0 aliphatic heterocycles. The number of nitrogens with zero attached hydrogens (tertiary/aromatic N) is 1. The second kappa shape index (κ2) is 6.67. The van der Waals surface area contributed by atoms with Crippen LogP contribution in [0.1, 0.15) is 20.8 Å². The number of rotatable bonds is 6. The minimum atomic E-state index is -1.17. The van der Waals surface area contributed by atoms with Crippen molar-refractivity contribution in [2.24, 2.45) is 0 Å². The quantitative estimate of drug-likeness (QED) is 0.714. The van der Waals surface area contributed by atoms with Crippen LogP contribution in [0.3, 0.4) is 0 Å². The van der Waals surface area contributed by atoms with E-state index in [4.69, 9.17) is 9.84 Å². The fourth-order valence-electron chi connectivity index (χ4n) is 2.35. The predicted molar refractivity (Wildman–Crippen MR) is 89.0 cm³/mol. The fourth-order valence-corrected chi connectivity index (χ4v) is 3.26. The highest BCUT2D eigenvalue weighted by Crippen LogP contribution is 2.37. The maximum absolute atomic E-state index is 11.4. The Labute approximate surface area is 141 Å². The summed E-state index contributed by atoms with van der Waals surface area (Å²) in [5.74, 6) is -2.27. The average Bonchev–Trinajstić information content (AvgIpc) is 2.92. The lowest BCUT2D eigenvalue weighted by molar-refractivity contribution is -0.139. The molecule has 1 aromatic carbocycles. The highest BCUT2D eigenvalue weighted by molar-refractivity contribution is 7.20. The summed E-state index contributed by atoms with van der Waals surface area (Å²) in [6.07, 6.45) is 2.33. The molecule has 0 saturated carbocycles. The molecule has 0 fully saturated rings. The van der Waals surface area contributed by atoms with Crippen molar-refractivity contribution in [3.63, 3.8) is 0 Å². The number of fused-ring (bicyclic) bond motifs is 1. The van der Waals surface area contributed by atoms with Gasteiger partial charge in [0.1, 0.15) is 4.83 Å². The summed E-state index contributed by atoms with van der Waals surface area (Å²) in [7, 11) is 0. The van der Waals surface area contributed by atoms with Crippen LogP contribution in [-0.4, -0.2) is 33.7 Å². The maximum Gasteiger partial charge on any atom is 0.349 e. The largest absolute Gasteiger partial charge is 0.479 e. The van der Waals surface area contributed by atoms with Gasteiger partial charge in [0, 0.05) is 6.20 Å². The smallest absolute Gasteiger partial charge is 0.349 e. The van der Waals surface area contributed by atoms with Crippen molar-refractivity contribution in [1.82, 2.24) is 4.98 Å². The van der Waals surface area contributed by atoms with Gasteiger partial charge >= 0.3 is 11.9 Å². The van der Waals surface area contributed by atoms with Gasteiger partial charge in [-0.1, -0.05) is 30.3 Å². The predicted octanol–water partition coefficient (Wildman–Crippen LogP) is 3.05. The molecule has 0 aliphatic rings. The zero-order valence-corrected chi connectivity index (χ0v) is 13.2. The van der Waals surface area contributed by atoms with Crippen molar-refractivity contribution >= 4 is 33.5 Å². The average molecular weight is 343 g/mol. The molecule has 2 N–H and O–H groups in total. The SMILES string of the molecule is O=C(O)COc1c(C(=O)O)sc2ncc(Cc3ccccc3)cc12. The molecule has 3 aromatic rings. The molecule has 24 heavy (non-hydrogen) atoms. The van der Waals surface area contributed by atoms with E-state index >= 15 is 0 Å². The van der Waals surface area contributed by atoms with Gasteiger partial charge in [-0.15, -0.1) is 11.3 Å². The summed E-state index contributed by atoms with van der Waals surface area (Å²) in [5.41, 5.74) is 1.99. The Morgan fingerprint density at radius 3 is 2.54 bits per heavy atom. The van der Waals surface area contributed by atoms with Crippen molar-refractivity contribution in [3.8, 4) is 5.75 Å².